The number of carbonyl (C=O) groups excluding carboxylic acids is 1. The molecule has 0 atom stereocenters. The second-order valence-electron chi connectivity index (χ2n) is 5.85. The van der Waals surface area contributed by atoms with Gasteiger partial charge in [0.2, 0.25) is 5.91 Å². The molecule has 4 nitrogen and oxygen atoms in total. The molecule has 0 radical (unpaired) electrons. The molecule has 0 spiro atoms. The van der Waals surface area contributed by atoms with Crippen LogP contribution in [-0.4, -0.2) is 25.7 Å². The van der Waals surface area contributed by atoms with Crippen molar-refractivity contribution in [3.8, 4) is 6.07 Å². The number of hydrogen-bond acceptors (Lipinski definition) is 3. The topological polar surface area (TPSA) is 53.3 Å². The van der Waals surface area contributed by atoms with E-state index in [1.807, 2.05) is 17.0 Å². The lowest BCUT2D eigenvalue weighted by Gasteiger charge is -2.23. The normalized spacial score (nSPS) is 18.3. The minimum atomic E-state index is 0.213. The lowest BCUT2D eigenvalue weighted by atomic mass is 9.94. The van der Waals surface area contributed by atoms with Gasteiger partial charge in [0.25, 0.3) is 0 Å². The molecule has 4 heteroatoms. The Hall–Kier alpha value is -1.86. The first-order chi connectivity index (χ1) is 10.3. The van der Waals surface area contributed by atoms with Gasteiger partial charge in [0, 0.05) is 31.9 Å². The van der Waals surface area contributed by atoms with Crippen molar-refractivity contribution in [3.63, 3.8) is 0 Å². The molecule has 0 bridgehead atoms. The van der Waals surface area contributed by atoms with Crippen molar-refractivity contribution in [3.05, 3.63) is 29.3 Å². The Morgan fingerprint density at radius 3 is 2.95 bits per heavy atom. The van der Waals surface area contributed by atoms with Crippen molar-refractivity contribution < 1.29 is 9.53 Å². The smallest absolute Gasteiger partial charge is 0.227 e. The van der Waals surface area contributed by atoms with Gasteiger partial charge in [0.1, 0.15) is 0 Å². The standard InChI is InChI=1S/C17H20N2O2/c18-12-14-1-3-16-15(11-14)5-8-19(16)17(20)4-2-13-6-9-21-10-7-13/h1,3,11,13H,2,4-10H2. The zero-order chi connectivity index (χ0) is 14.7. The molecule has 1 fully saturated rings. The summed E-state index contributed by atoms with van der Waals surface area (Å²) in [6.07, 6.45) is 4.59. The third kappa shape index (κ3) is 3.08. The van der Waals surface area contributed by atoms with Crippen molar-refractivity contribution in [2.24, 2.45) is 5.92 Å². The Balaban J connectivity index is 1.61. The van der Waals surface area contributed by atoms with Crippen LogP contribution in [0.25, 0.3) is 0 Å². The maximum atomic E-state index is 12.4. The maximum Gasteiger partial charge on any atom is 0.227 e. The van der Waals surface area contributed by atoms with Crippen LogP contribution in [0.5, 0.6) is 0 Å². The van der Waals surface area contributed by atoms with E-state index in [9.17, 15) is 4.79 Å². The van der Waals surface area contributed by atoms with E-state index in [0.717, 1.165) is 56.7 Å². The largest absolute Gasteiger partial charge is 0.381 e. The number of hydrogen-bond donors (Lipinski definition) is 0. The van der Waals surface area contributed by atoms with Gasteiger partial charge >= 0.3 is 0 Å². The third-order valence-corrected chi connectivity index (χ3v) is 4.51. The summed E-state index contributed by atoms with van der Waals surface area (Å²) >= 11 is 0. The van der Waals surface area contributed by atoms with Crippen molar-refractivity contribution >= 4 is 11.6 Å². The predicted octanol–water partition coefficient (Wildman–Crippen LogP) is 2.65. The van der Waals surface area contributed by atoms with Crippen LogP contribution in [0.2, 0.25) is 0 Å². The molecule has 1 amide bonds. The highest BCUT2D eigenvalue weighted by molar-refractivity contribution is 5.95. The van der Waals surface area contributed by atoms with E-state index in [0.29, 0.717) is 17.9 Å². The SMILES string of the molecule is N#Cc1ccc2c(c1)CCN2C(=O)CCC1CCOCC1. The quantitative estimate of drug-likeness (QED) is 0.857. The molecule has 2 heterocycles. The summed E-state index contributed by atoms with van der Waals surface area (Å²) in [4.78, 5) is 14.3. The molecule has 0 N–H and O–H groups in total. The third-order valence-electron chi connectivity index (χ3n) is 4.51. The lowest BCUT2D eigenvalue weighted by Crippen LogP contribution is -2.29. The molecule has 2 aliphatic heterocycles. The van der Waals surface area contributed by atoms with Crippen LogP contribution in [0.4, 0.5) is 5.69 Å². The van der Waals surface area contributed by atoms with Gasteiger partial charge in [0.05, 0.1) is 11.6 Å². The van der Waals surface area contributed by atoms with Gasteiger partial charge in [-0.2, -0.15) is 5.26 Å². The second kappa shape index (κ2) is 6.28. The molecule has 0 aromatic heterocycles. The van der Waals surface area contributed by atoms with Gasteiger partial charge < -0.3 is 9.64 Å². The van der Waals surface area contributed by atoms with Crippen LogP contribution in [0.3, 0.4) is 0 Å². The number of nitrogens with zero attached hydrogens (tertiary/aromatic N) is 2. The number of ether oxygens (including phenoxy) is 1. The first kappa shape index (κ1) is 14.1. The van der Waals surface area contributed by atoms with Gasteiger partial charge in [-0.25, -0.2) is 0 Å². The Bertz CT molecular complexity index is 571. The maximum absolute atomic E-state index is 12.4. The molecule has 1 aromatic rings. The fraction of sp³-hybridized carbons (Fsp3) is 0.529. The highest BCUT2D eigenvalue weighted by Crippen LogP contribution is 2.30. The highest BCUT2D eigenvalue weighted by atomic mass is 16.5. The van der Waals surface area contributed by atoms with Crippen molar-refractivity contribution in [2.45, 2.75) is 32.1 Å². The fourth-order valence-corrected chi connectivity index (χ4v) is 3.23. The van der Waals surface area contributed by atoms with Crippen LogP contribution in [0, 0.1) is 17.2 Å². The summed E-state index contributed by atoms with van der Waals surface area (Å²) in [7, 11) is 0. The molecule has 2 aliphatic rings. The number of amides is 1. The monoisotopic (exact) mass is 284 g/mol. The number of rotatable bonds is 3. The number of nitriles is 1. The van der Waals surface area contributed by atoms with Crippen LogP contribution in [0.15, 0.2) is 18.2 Å². The first-order valence-electron chi connectivity index (χ1n) is 7.69. The Morgan fingerprint density at radius 2 is 2.19 bits per heavy atom. The van der Waals surface area contributed by atoms with Crippen molar-refractivity contribution in [1.29, 1.82) is 5.26 Å². The number of carbonyl (C=O) groups is 1. The van der Waals surface area contributed by atoms with E-state index >= 15 is 0 Å². The Labute approximate surface area is 125 Å². The molecule has 110 valence electrons. The summed E-state index contributed by atoms with van der Waals surface area (Å²) < 4.78 is 5.35. The van der Waals surface area contributed by atoms with Crippen LogP contribution in [-0.2, 0) is 16.0 Å². The number of fused-ring (bicyclic) bond motifs is 1. The molecule has 0 aliphatic carbocycles. The van der Waals surface area contributed by atoms with E-state index in [1.165, 1.54) is 0 Å². The summed E-state index contributed by atoms with van der Waals surface area (Å²) in [6, 6.07) is 7.76. The van der Waals surface area contributed by atoms with Crippen molar-refractivity contribution in [1.82, 2.24) is 0 Å². The summed E-state index contributed by atoms with van der Waals surface area (Å²) in [5, 5.41) is 8.93. The number of benzene rings is 1. The molecular weight excluding hydrogens is 264 g/mol. The zero-order valence-electron chi connectivity index (χ0n) is 12.2. The number of anilines is 1. The van der Waals surface area contributed by atoms with Gasteiger partial charge in [-0.1, -0.05) is 0 Å². The minimum absolute atomic E-state index is 0.213. The summed E-state index contributed by atoms with van der Waals surface area (Å²) in [5.74, 6) is 0.843. The fourth-order valence-electron chi connectivity index (χ4n) is 3.23. The van der Waals surface area contributed by atoms with Crippen molar-refractivity contribution in [2.75, 3.05) is 24.7 Å². The summed E-state index contributed by atoms with van der Waals surface area (Å²) in [5.41, 5.74) is 2.78. The summed E-state index contributed by atoms with van der Waals surface area (Å²) in [6.45, 7) is 2.42. The lowest BCUT2D eigenvalue weighted by molar-refractivity contribution is -0.119. The first-order valence-corrected chi connectivity index (χ1v) is 7.69. The molecule has 3 rings (SSSR count). The van der Waals surface area contributed by atoms with E-state index in [1.54, 1.807) is 6.07 Å². The Morgan fingerprint density at radius 1 is 1.38 bits per heavy atom. The molecule has 0 saturated carbocycles. The predicted molar refractivity (Wildman–Crippen MR) is 80.0 cm³/mol. The molecule has 1 saturated heterocycles. The van der Waals surface area contributed by atoms with Crippen LogP contribution >= 0.6 is 0 Å². The Kier molecular flexibility index (Phi) is 4.21. The van der Waals surface area contributed by atoms with E-state index in [-0.39, 0.29) is 5.91 Å². The van der Waals surface area contributed by atoms with Gasteiger partial charge in [0.15, 0.2) is 0 Å². The average molecular weight is 284 g/mol. The van der Waals surface area contributed by atoms with Gasteiger partial charge in [-0.05, 0) is 55.4 Å². The zero-order valence-corrected chi connectivity index (χ0v) is 12.2. The van der Waals surface area contributed by atoms with Gasteiger partial charge in [-0.15, -0.1) is 0 Å². The van der Waals surface area contributed by atoms with Gasteiger partial charge in [-0.3, -0.25) is 4.79 Å². The van der Waals surface area contributed by atoms with Crippen LogP contribution < -0.4 is 4.90 Å². The van der Waals surface area contributed by atoms with Crippen LogP contribution in [0.1, 0.15) is 36.8 Å². The average Bonchev–Trinajstić information content (AvgIpc) is 2.96. The minimum Gasteiger partial charge on any atom is -0.381 e. The second-order valence-corrected chi connectivity index (χ2v) is 5.85. The molecular formula is C17H20N2O2. The molecule has 1 aromatic carbocycles. The van der Waals surface area contributed by atoms with E-state index < -0.39 is 0 Å². The van der Waals surface area contributed by atoms with E-state index in [2.05, 4.69) is 6.07 Å². The molecule has 21 heavy (non-hydrogen) atoms. The van der Waals surface area contributed by atoms with E-state index in [4.69, 9.17) is 10.00 Å². The highest BCUT2D eigenvalue weighted by Gasteiger charge is 2.25. The molecule has 0 unspecified atom stereocenters.